The first-order valence-electron chi connectivity index (χ1n) is 13.7. The van der Waals surface area contributed by atoms with Crippen LogP contribution in [0.1, 0.15) is 24.0 Å². The van der Waals surface area contributed by atoms with Crippen LogP contribution in [-0.2, 0) is 22.4 Å². The van der Waals surface area contributed by atoms with E-state index in [4.69, 9.17) is 25.9 Å². The van der Waals surface area contributed by atoms with Gasteiger partial charge >= 0.3 is 0 Å². The monoisotopic (exact) mass is 568 g/mol. The van der Waals surface area contributed by atoms with Crippen LogP contribution in [0.3, 0.4) is 0 Å². The summed E-state index contributed by atoms with van der Waals surface area (Å²) in [7, 11) is 3.32. The number of methoxy groups -OCH3 is 1. The summed E-state index contributed by atoms with van der Waals surface area (Å²) in [5.41, 5.74) is 5.39. The Labute approximate surface area is 240 Å². The van der Waals surface area contributed by atoms with Gasteiger partial charge in [0.15, 0.2) is 5.82 Å². The SMILES string of the molecule is COc1cc(N2CCOCC2)ccc1Nc1nc(Nc2ccc3c(c2)CCC(N(CCO)OC)CC3)ncc1Cl. The van der Waals surface area contributed by atoms with Gasteiger partial charge in [-0.1, -0.05) is 17.7 Å². The van der Waals surface area contributed by atoms with E-state index in [2.05, 4.69) is 49.8 Å². The van der Waals surface area contributed by atoms with Crippen molar-refractivity contribution in [2.75, 3.05) is 69.2 Å². The molecule has 0 spiro atoms. The lowest BCUT2D eigenvalue weighted by molar-refractivity contribution is -0.169. The van der Waals surface area contributed by atoms with Gasteiger partial charge in [-0.3, -0.25) is 0 Å². The Hall–Kier alpha value is -3.15. The Kier molecular flexibility index (Phi) is 9.56. The molecule has 1 atom stereocenters. The first-order chi connectivity index (χ1) is 19.6. The van der Waals surface area contributed by atoms with Crippen LogP contribution in [0, 0.1) is 0 Å². The minimum Gasteiger partial charge on any atom is -0.494 e. The summed E-state index contributed by atoms with van der Waals surface area (Å²) in [5, 5.41) is 18.3. The smallest absolute Gasteiger partial charge is 0.229 e. The number of morpholine rings is 1. The van der Waals surface area contributed by atoms with E-state index in [1.54, 1.807) is 20.4 Å². The standard InChI is InChI=1S/C29H37ClN6O4/c1-38-27-18-24(35-12-15-40-16-13-35)9-10-26(27)33-28-25(30)19-31-29(34-28)32-22-6-3-20-4-7-23(8-5-21(20)17-22)36(39-2)11-14-37/h3,6,9-10,17-19,23,37H,4-5,7-8,11-16H2,1-2H3,(H2,31,32,33,34). The number of aliphatic hydroxyl groups excluding tert-OH is 1. The van der Waals surface area contributed by atoms with Crippen molar-refractivity contribution < 1.29 is 19.4 Å². The molecule has 3 N–H and O–H groups in total. The Morgan fingerprint density at radius 2 is 1.88 bits per heavy atom. The summed E-state index contributed by atoms with van der Waals surface area (Å²) in [6.07, 6.45) is 5.42. The second kappa shape index (κ2) is 13.5. The highest BCUT2D eigenvalue weighted by Crippen LogP contribution is 2.34. The number of nitrogens with zero attached hydrogens (tertiary/aromatic N) is 4. The summed E-state index contributed by atoms with van der Waals surface area (Å²) < 4.78 is 11.1. The molecule has 1 aliphatic heterocycles. The summed E-state index contributed by atoms with van der Waals surface area (Å²) in [5.74, 6) is 1.62. The van der Waals surface area contributed by atoms with Crippen LogP contribution in [-0.4, -0.2) is 79.9 Å². The molecule has 5 rings (SSSR count). The van der Waals surface area contributed by atoms with Crippen molar-refractivity contribution in [1.82, 2.24) is 15.0 Å². The zero-order valence-corrected chi connectivity index (χ0v) is 23.8. The number of fused-ring (bicyclic) bond motifs is 1. The predicted molar refractivity (Wildman–Crippen MR) is 157 cm³/mol. The largest absolute Gasteiger partial charge is 0.494 e. The van der Waals surface area contributed by atoms with E-state index in [1.807, 2.05) is 17.2 Å². The molecule has 214 valence electrons. The number of halogens is 1. The van der Waals surface area contributed by atoms with Gasteiger partial charge in [0.1, 0.15) is 10.8 Å². The minimum absolute atomic E-state index is 0.0792. The van der Waals surface area contributed by atoms with Crippen molar-refractivity contribution in [2.24, 2.45) is 0 Å². The van der Waals surface area contributed by atoms with Gasteiger partial charge < -0.3 is 35.0 Å². The second-order valence-corrected chi connectivity index (χ2v) is 10.3. The molecule has 0 amide bonds. The zero-order chi connectivity index (χ0) is 27.9. The molecule has 10 nitrogen and oxygen atoms in total. The molecule has 0 bridgehead atoms. The van der Waals surface area contributed by atoms with Crippen LogP contribution in [0.25, 0.3) is 0 Å². The van der Waals surface area contributed by atoms with Crippen molar-refractivity contribution in [2.45, 2.75) is 31.7 Å². The average Bonchev–Trinajstić information content (AvgIpc) is 3.20. The molecular weight excluding hydrogens is 532 g/mol. The van der Waals surface area contributed by atoms with E-state index < -0.39 is 0 Å². The fraction of sp³-hybridized carbons (Fsp3) is 0.448. The molecular formula is C29H37ClN6O4. The van der Waals surface area contributed by atoms with Gasteiger partial charge in [-0.2, -0.15) is 10.0 Å². The Morgan fingerprint density at radius 3 is 2.62 bits per heavy atom. The van der Waals surface area contributed by atoms with Gasteiger partial charge in [0.2, 0.25) is 5.95 Å². The van der Waals surface area contributed by atoms with E-state index in [0.29, 0.717) is 29.1 Å². The molecule has 2 aromatic carbocycles. The van der Waals surface area contributed by atoms with E-state index >= 15 is 0 Å². The summed E-state index contributed by atoms with van der Waals surface area (Å²) in [6, 6.07) is 12.7. The maximum absolute atomic E-state index is 9.36. The van der Waals surface area contributed by atoms with Crippen LogP contribution < -0.4 is 20.3 Å². The van der Waals surface area contributed by atoms with Crippen LogP contribution in [0.4, 0.5) is 28.8 Å². The van der Waals surface area contributed by atoms with Gasteiger partial charge in [-0.05, 0) is 61.1 Å². The number of aromatic nitrogens is 2. The number of hydrogen-bond acceptors (Lipinski definition) is 10. The van der Waals surface area contributed by atoms with Crippen molar-refractivity contribution in [3.8, 4) is 5.75 Å². The van der Waals surface area contributed by atoms with Gasteiger partial charge in [0.05, 0.1) is 45.9 Å². The van der Waals surface area contributed by atoms with E-state index in [1.165, 1.54) is 11.1 Å². The summed E-state index contributed by atoms with van der Waals surface area (Å²) >= 11 is 6.48. The van der Waals surface area contributed by atoms with Gasteiger partial charge in [-0.15, -0.1) is 0 Å². The molecule has 0 saturated carbocycles. The van der Waals surface area contributed by atoms with Crippen molar-refractivity contribution in [1.29, 1.82) is 0 Å². The molecule has 3 aromatic rings. The fourth-order valence-corrected chi connectivity index (χ4v) is 5.49. The maximum Gasteiger partial charge on any atom is 0.229 e. The third-order valence-corrected chi connectivity index (χ3v) is 7.75. The highest BCUT2D eigenvalue weighted by atomic mass is 35.5. The summed E-state index contributed by atoms with van der Waals surface area (Å²) in [6.45, 7) is 3.73. The Bertz CT molecular complexity index is 1290. The van der Waals surface area contributed by atoms with Crippen molar-refractivity contribution >= 4 is 40.4 Å². The number of aliphatic hydroxyl groups is 1. The number of nitrogens with one attached hydrogen (secondary N) is 2. The topological polar surface area (TPSA) is 104 Å². The lowest BCUT2D eigenvalue weighted by Gasteiger charge is -2.29. The van der Waals surface area contributed by atoms with Gasteiger partial charge in [0.25, 0.3) is 0 Å². The Balaban J connectivity index is 1.29. The fourth-order valence-electron chi connectivity index (χ4n) is 5.35. The second-order valence-electron chi connectivity index (χ2n) is 9.89. The summed E-state index contributed by atoms with van der Waals surface area (Å²) in [4.78, 5) is 16.8. The Morgan fingerprint density at radius 1 is 1.07 bits per heavy atom. The number of ether oxygens (including phenoxy) is 2. The van der Waals surface area contributed by atoms with Crippen LogP contribution in [0.15, 0.2) is 42.6 Å². The third kappa shape index (κ3) is 6.76. The van der Waals surface area contributed by atoms with Crippen LogP contribution >= 0.6 is 11.6 Å². The first-order valence-corrected chi connectivity index (χ1v) is 14.1. The lowest BCUT2D eigenvalue weighted by atomic mass is 10.0. The third-order valence-electron chi connectivity index (χ3n) is 7.48. The average molecular weight is 569 g/mol. The van der Waals surface area contributed by atoms with Gasteiger partial charge in [0, 0.05) is 43.1 Å². The quantitative estimate of drug-likeness (QED) is 0.238. The molecule has 2 heterocycles. The highest BCUT2D eigenvalue weighted by molar-refractivity contribution is 6.33. The molecule has 40 heavy (non-hydrogen) atoms. The van der Waals surface area contributed by atoms with Crippen molar-refractivity contribution in [3.05, 3.63) is 58.7 Å². The molecule has 2 aliphatic rings. The van der Waals surface area contributed by atoms with Gasteiger partial charge in [-0.25, -0.2) is 4.98 Å². The molecule has 1 fully saturated rings. The normalized spacial score (nSPS) is 17.3. The first kappa shape index (κ1) is 28.4. The number of hydrogen-bond donors (Lipinski definition) is 3. The number of benzene rings is 2. The number of hydroxylamine groups is 2. The molecule has 11 heteroatoms. The maximum atomic E-state index is 9.36. The van der Waals surface area contributed by atoms with Crippen LogP contribution in [0.5, 0.6) is 5.75 Å². The predicted octanol–water partition coefficient (Wildman–Crippen LogP) is 4.57. The molecule has 0 radical (unpaired) electrons. The molecule has 1 saturated heterocycles. The van der Waals surface area contributed by atoms with E-state index in [0.717, 1.165) is 69.0 Å². The molecule has 1 unspecified atom stereocenters. The van der Waals surface area contributed by atoms with Crippen LogP contribution in [0.2, 0.25) is 5.02 Å². The minimum atomic E-state index is 0.0792. The van der Waals surface area contributed by atoms with E-state index in [9.17, 15) is 5.11 Å². The number of aryl methyl sites for hydroxylation is 2. The van der Waals surface area contributed by atoms with E-state index in [-0.39, 0.29) is 12.6 Å². The molecule has 1 aliphatic carbocycles. The highest BCUT2D eigenvalue weighted by Gasteiger charge is 2.22. The van der Waals surface area contributed by atoms with Crippen molar-refractivity contribution in [3.63, 3.8) is 0 Å². The zero-order valence-electron chi connectivity index (χ0n) is 23.0. The number of rotatable bonds is 10. The lowest BCUT2D eigenvalue weighted by Crippen LogP contribution is -2.36. The number of anilines is 5. The molecule has 1 aromatic heterocycles.